The molecule has 118 valence electrons. The van der Waals surface area contributed by atoms with Crippen LogP contribution >= 0.6 is 0 Å². The summed E-state index contributed by atoms with van der Waals surface area (Å²) in [5.74, 6) is 0.965. The molecule has 2 amide bonds. The Kier molecular flexibility index (Phi) is 4.58. The highest BCUT2D eigenvalue weighted by Gasteiger charge is 2.21. The number of carbonyl (C=O) groups is 2. The normalized spacial score (nSPS) is 16.5. The van der Waals surface area contributed by atoms with Gasteiger partial charge in [0.25, 0.3) is 11.8 Å². The number of amides is 2. The summed E-state index contributed by atoms with van der Waals surface area (Å²) in [6.45, 7) is 2.09. The third kappa shape index (κ3) is 3.98. The van der Waals surface area contributed by atoms with Gasteiger partial charge in [0.2, 0.25) is 0 Å². The maximum atomic E-state index is 12.1. The number of benzene rings is 1. The van der Waals surface area contributed by atoms with Gasteiger partial charge in [-0.05, 0) is 43.4 Å². The van der Waals surface area contributed by atoms with Crippen LogP contribution in [-0.4, -0.2) is 38.2 Å². The molecule has 0 atom stereocenters. The molecule has 2 aliphatic rings. The summed E-state index contributed by atoms with van der Waals surface area (Å²) in [6, 6.07) is 5.00. The second-order valence-electron chi connectivity index (χ2n) is 5.68. The van der Waals surface area contributed by atoms with Gasteiger partial charge in [-0.15, -0.1) is 0 Å². The summed E-state index contributed by atoms with van der Waals surface area (Å²) < 4.78 is 10.8. The van der Waals surface area contributed by atoms with Gasteiger partial charge in [-0.2, -0.15) is 0 Å². The van der Waals surface area contributed by atoms with E-state index in [9.17, 15) is 9.59 Å². The van der Waals surface area contributed by atoms with Gasteiger partial charge in [0.05, 0.1) is 5.69 Å². The highest BCUT2D eigenvalue weighted by molar-refractivity contribution is 5.98. The van der Waals surface area contributed by atoms with E-state index in [1.165, 1.54) is 12.8 Å². The Balaban J connectivity index is 1.42. The highest BCUT2D eigenvalue weighted by atomic mass is 16.5. The van der Waals surface area contributed by atoms with E-state index in [4.69, 9.17) is 9.47 Å². The molecule has 0 unspecified atom stereocenters. The fraction of sp³-hybridized carbons (Fsp3) is 0.500. The Bertz CT molecular complexity index is 569. The fourth-order valence-corrected chi connectivity index (χ4v) is 2.23. The summed E-state index contributed by atoms with van der Waals surface area (Å²) in [4.78, 5) is 23.2. The van der Waals surface area contributed by atoms with E-state index in [0.717, 1.165) is 18.9 Å². The van der Waals surface area contributed by atoms with Crippen LogP contribution in [0.2, 0.25) is 0 Å². The molecule has 2 N–H and O–H groups in total. The summed E-state index contributed by atoms with van der Waals surface area (Å²) in [5.41, 5.74) is 1.12. The first-order valence-corrected chi connectivity index (χ1v) is 7.65. The second-order valence-corrected chi connectivity index (χ2v) is 5.68. The quantitative estimate of drug-likeness (QED) is 0.750. The number of hydrogen-bond acceptors (Lipinski definition) is 4. The molecule has 1 aliphatic carbocycles. The molecule has 0 bridgehead atoms. The van der Waals surface area contributed by atoms with Crippen LogP contribution in [0.1, 0.15) is 29.6 Å². The minimum atomic E-state index is -0.184. The average molecular weight is 304 g/mol. The Morgan fingerprint density at radius 3 is 3.09 bits per heavy atom. The first-order chi connectivity index (χ1) is 10.7. The number of nitrogens with one attached hydrogen (secondary N) is 2. The van der Waals surface area contributed by atoms with Gasteiger partial charge in [0.1, 0.15) is 5.75 Å². The lowest BCUT2D eigenvalue weighted by molar-refractivity contribution is -0.118. The van der Waals surface area contributed by atoms with Crippen molar-refractivity contribution < 1.29 is 19.1 Å². The third-order valence-electron chi connectivity index (χ3n) is 3.68. The molecule has 0 radical (unpaired) electrons. The van der Waals surface area contributed by atoms with E-state index in [1.807, 2.05) is 0 Å². The SMILES string of the molecule is O=C1COc2cc(C(=O)NCCCOCC3CC3)ccc2N1. The van der Waals surface area contributed by atoms with Gasteiger partial charge < -0.3 is 20.1 Å². The molecule has 3 rings (SSSR count). The zero-order valence-corrected chi connectivity index (χ0v) is 12.4. The molecule has 1 saturated carbocycles. The standard InChI is InChI=1S/C16H20N2O4/c19-15-10-22-14-8-12(4-5-13(14)18-15)16(20)17-6-1-7-21-9-11-2-3-11/h4-5,8,11H,1-3,6-7,9-10H2,(H,17,20)(H,18,19). The van der Waals surface area contributed by atoms with Gasteiger partial charge in [0.15, 0.2) is 6.61 Å². The van der Waals surface area contributed by atoms with E-state index >= 15 is 0 Å². The molecular formula is C16H20N2O4. The predicted octanol–water partition coefficient (Wildman–Crippen LogP) is 1.56. The molecule has 1 heterocycles. The second kappa shape index (κ2) is 6.79. The number of anilines is 1. The minimum Gasteiger partial charge on any atom is -0.482 e. The van der Waals surface area contributed by atoms with Crippen LogP contribution in [0.5, 0.6) is 5.75 Å². The average Bonchev–Trinajstić information content (AvgIpc) is 3.34. The molecule has 0 aromatic heterocycles. The van der Waals surface area contributed by atoms with Crippen LogP contribution in [0.3, 0.4) is 0 Å². The summed E-state index contributed by atoms with van der Waals surface area (Å²) in [5, 5.41) is 5.55. The number of fused-ring (bicyclic) bond motifs is 1. The number of carbonyl (C=O) groups excluding carboxylic acids is 2. The van der Waals surface area contributed by atoms with Crippen LogP contribution in [0, 0.1) is 5.92 Å². The van der Waals surface area contributed by atoms with E-state index in [-0.39, 0.29) is 18.4 Å². The molecule has 1 aromatic carbocycles. The summed E-state index contributed by atoms with van der Waals surface area (Å²) >= 11 is 0. The lowest BCUT2D eigenvalue weighted by Crippen LogP contribution is -2.27. The Labute approximate surface area is 129 Å². The Hall–Kier alpha value is -2.08. The number of rotatable bonds is 7. The Morgan fingerprint density at radius 1 is 1.41 bits per heavy atom. The maximum Gasteiger partial charge on any atom is 0.262 e. The topological polar surface area (TPSA) is 76.7 Å². The van der Waals surface area contributed by atoms with Crippen LogP contribution in [0.25, 0.3) is 0 Å². The predicted molar refractivity (Wildman–Crippen MR) is 81.1 cm³/mol. The summed E-state index contributed by atoms with van der Waals surface area (Å²) in [6.07, 6.45) is 3.38. The highest BCUT2D eigenvalue weighted by Crippen LogP contribution is 2.29. The smallest absolute Gasteiger partial charge is 0.262 e. The van der Waals surface area contributed by atoms with Crippen LogP contribution in [0.4, 0.5) is 5.69 Å². The zero-order valence-electron chi connectivity index (χ0n) is 12.4. The lowest BCUT2D eigenvalue weighted by Gasteiger charge is -2.18. The lowest BCUT2D eigenvalue weighted by atomic mass is 10.1. The van der Waals surface area contributed by atoms with Crippen LogP contribution < -0.4 is 15.4 Å². The van der Waals surface area contributed by atoms with Gasteiger partial charge in [-0.3, -0.25) is 9.59 Å². The van der Waals surface area contributed by atoms with E-state index in [2.05, 4.69) is 10.6 Å². The van der Waals surface area contributed by atoms with E-state index in [0.29, 0.717) is 30.2 Å². The largest absolute Gasteiger partial charge is 0.482 e. The van der Waals surface area contributed by atoms with Crippen molar-refractivity contribution in [2.24, 2.45) is 5.92 Å². The van der Waals surface area contributed by atoms with Crippen molar-refractivity contribution in [3.63, 3.8) is 0 Å². The fourth-order valence-electron chi connectivity index (χ4n) is 2.23. The van der Waals surface area contributed by atoms with Crippen LogP contribution in [0.15, 0.2) is 18.2 Å². The first-order valence-electron chi connectivity index (χ1n) is 7.65. The van der Waals surface area contributed by atoms with Gasteiger partial charge in [-0.25, -0.2) is 0 Å². The van der Waals surface area contributed by atoms with Crippen LogP contribution in [-0.2, 0) is 9.53 Å². The van der Waals surface area contributed by atoms with Gasteiger partial charge in [-0.1, -0.05) is 0 Å². The van der Waals surface area contributed by atoms with Crippen molar-refractivity contribution in [3.05, 3.63) is 23.8 Å². The molecule has 6 nitrogen and oxygen atoms in total. The van der Waals surface area contributed by atoms with Crippen molar-refractivity contribution in [2.75, 3.05) is 31.7 Å². The van der Waals surface area contributed by atoms with Gasteiger partial charge in [0, 0.05) is 25.3 Å². The minimum absolute atomic E-state index is 0.0175. The zero-order chi connectivity index (χ0) is 15.4. The van der Waals surface area contributed by atoms with Crippen molar-refractivity contribution in [2.45, 2.75) is 19.3 Å². The molecule has 22 heavy (non-hydrogen) atoms. The summed E-state index contributed by atoms with van der Waals surface area (Å²) in [7, 11) is 0. The van der Waals surface area contributed by atoms with E-state index < -0.39 is 0 Å². The number of hydrogen-bond donors (Lipinski definition) is 2. The molecule has 1 aromatic rings. The van der Waals surface area contributed by atoms with Crippen molar-refractivity contribution in [1.82, 2.24) is 5.32 Å². The third-order valence-corrected chi connectivity index (χ3v) is 3.68. The molecule has 0 spiro atoms. The Morgan fingerprint density at radius 2 is 2.27 bits per heavy atom. The maximum absolute atomic E-state index is 12.1. The molecule has 0 saturated heterocycles. The molecule has 6 heteroatoms. The molecule has 1 aliphatic heterocycles. The molecule has 1 fully saturated rings. The van der Waals surface area contributed by atoms with Crippen molar-refractivity contribution in [1.29, 1.82) is 0 Å². The monoisotopic (exact) mass is 304 g/mol. The first kappa shape index (κ1) is 14.8. The van der Waals surface area contributed by atoms with Crippen molar-refractivity contribution >= 4 is 17.5 Å². The number of ether oxygens (including phenoxy) is 2. The molecular weight excluding hydrogens is 284 g/mol. The van der Waals surface area contributed by atoms with Gasteiger partial charge >= 0.3 is 0 Å². The van der Waals surface area contributed by atoms with Crippen molar-refractivity contribution in [3.8, 4) is 5.75 Å². The van der Waals surface area contributed by atoms with E-state index in [1.54, 1.807) is 18.2 Å².